The number of nitrogens with one attached hydrogen (secondary N) is 1. The molecule has 0 bridgehead atoms. The lowest BCUT2D eigenvalue weighted by Gasteiger charge is -2.31. The van der Waals surface area contributed by atoms with E-state index in [1.807, 2.05) is 6.20 Å². The molecule has 1 aromatic rings. The molecule has 6 nitrogen and oxygen atoms in total. The Balaban J connectivity index is 1.61. The van der Waals surface area contributed by atoms with Gasteiger partial charge in [-0.15, -0.1) is 0 Å². The van der Waals surface area contributed by atoms with Gasteiger partial charge in [-0.1, -0.05) is 0 Å². The number of carbonyl (C=O) groups is 1. The van der Waals surface area contributed by atoms with E-state index in [2.05, 4.69) is 37.2 Å². The zero-order chi connectivity index (χ0) is 16.9. The van der Waals surface area contributed by atoms with Gasteiger partial charge in [-0.3, -0.25) is 0 Å². The highest BCUT2D eigenvalue weighted by atomic mass is 79.9. The number of likely N-dealkylation sites (tertiary alicyclic amines) is 2. The Hall–Kier alpha value is -1.34. The minimum absolute atomic E-state index is 0.361. The highest BCUT2D eigenvalue weighted by molar-refractivity contribution is 9.10. The van der Waals surface area contributed by atoms with Crippen LogP contribution in [0, 0.1) is 0 Å². The number of aromatic nitrogens is 1. The molecule has 0 aliphatic carbocycles. The predicted molar refractivity (Wildman–Crippen MR) is 97.7 cm³/mol. The Kier molecular flexibility index (Phi) is 5.94. The number of hydrogen-bond acceptors (Lipinski definition) is 4. The molecule has 0 spiro atoms. The van der Waals surface area contributed by atoms with Gasteiger partial charge < -0.3 is 20.2 Å². The molecule has 0 saturated carbocycles. The third kappa shape index (κ3) is 4.39. The average Bonchev–Trinajstić information content (AvgIpc) is 3.09. The Morgan fingerprint density at radius 1 is 1.29 bits per heavy atom. The smallest absolute Gasteiger partial charge is 0.407 e. The van der Waals surface area contributed by atoms with Crippen LogP contribution in [0.15, 0.2) is 16.7 Å². The first kappa shape index (κ1) is 17.5. The molecule has 0 atom stereocenters. The quantitative estimate of drug-likeness (QED) is 0.799. The maximum absolute atomic E-state index is 11.1. The van der Waals surface area contributed by atoms with E-state index in [-0.39, 0.29) is 0 Å². The number of hydrogen-bond donors (Lipinski definition) is 2. The van der Waals surface area contributed by atoms with Crippen molar-refractivity contribution >= 4 is 27.8 Å². The lowest BCUT2D eigenvalue weighted by Crippen LogP contribution is -2.37. The van der Waals surface area contributed by atoms with E-state index in [4.69, 9.17) is 5.11 Å². The second kappa shape index (κ2) is 8.16. The average molecular weight is 397 g/mol. The zero-order valence-electron chi connectivity index (χ0n) is 13.9. The second-order valence-corrected chi connectivity index (χ2v) is 7.53. The molecule has 24 heavy (non-hydrogen) atoms. The van der Waals surface area contributed by atoms with Gasteiger partial charge in [-0.25, -0.2) is 9.78 Å². The molecule has 2 saturated heterocycles. The summed E-state index contributed by atoms with van der Waals surface area (Å²) < 4.78 is 0.975. The van der Waals surface area contributed by atoms with E-state index < -0.39 is 6.09 Å². The predicted octanol–water partition coefficient (Wildman–Crippen LogP) is 3.21. The standard InChI is InChI=1S/C17H25BrN4O2/c18-14-11-15(13-3-8-22(9-4-13)17(23)24)16(20-12-14)19-5-10-21-6-1-2-7-21/h11-13H,1-10H2,(H,19,20)(H,23,24). The number of halogens is 1. The summed E-state index contributed by atoms with van der Waals surface area (Å²) in [6, 6.07) is 2.13. The molecule has 1 aromatic heterocycles. The molecule has 3 heterocycles. The van der Waals surface area contributed by atoms with Crippen molar-refractivity contribution < 1.29 is 9.90 Å². The van der Waals surface area contributed by atoms with Crippen LogP contribution in [-0.4, -0.2) is 65.3 Å². The maximum Gasteiger partial charge on any atom is 0.407 e. The van der Waals surface area contributed by atoms with Crippen LogP contribution in [0.1, 0.15) is 37.2 Å². The van der Waals surface area contributed by atoms with Gasteiger partial charge >= 0.3 is 6.09 Å². The summed E-state index contributed by atoms with van der Waals surface area (Å²) in [5, 5.41) is 12.6. The number of anilines is 1. The topological polar surface area (TPSA) is 68.7 Å². The summed E-state index contributed by atoms with van der Waals surface area (Å²) in [6.07, 6.45) is 5.34. The van der Waals surface area contributed by atoms with Crippen molar-refractivity contribution in [3.05, 3.63) is 22.3 Å². The van der Waals surface area contributed by atoms with Crippen molar-refractivity contribution in [2.45, 2.75) is 31.6 Å². The van der Waals surface area contributed by atoms with Crippen LogP contribution in [0.3, 0.4) is 0 Å². The molecule has 3 rings (SSSR count). The van der Waals surface area contributed by atoms with Crippen molar-refractivity contribution in [2.24, 2.45) is 0 Å². The fraction of sp³-hybridized carbons (Fsp3) is 0.647. The highest BCUT2D eigenvalue weighted by Crippen LogP contribution is 2.33. The minimum atomic E-state index is -0.815. The fourth-order valence-corrected chi connectivity index (χ4v) is 3.98. The monoisotopic (exact) mass is 396 g/mol. The van der Waals surface area contributed by atoms with Gasteiger partial charge in [-0.2, -0.15) is 0 Å². The number of pyridine rings is 1. The van der Waals surface area contributed by atoms with Crippen molar-refractivity contribution in [3.8, 4) is 0 Å². The maximum atomic E-state index is 11.1. The van der Waals surface area contributed by atoms with E-state index in [0.717, 1.165) is 36.2 Å². The fourth-order valence-electron chi connectivity index (χ4n) is 3.63. The largest absolute Gasteiger partial charge is 0.465 e. The van der Waals surface area contributed by atoms with Crippen LogP contribution in [0.2, 0.25) is 0 Å². The van der Waals surface area contributed by atoms with Gasteiger partial charge in [0.25, 0.3) is 0 Å². The highest BCUT2D eigenvalue weighted by Gasteiger charge is 2.25. The van der Waals surface area contributed by atoms with E-state index >= 15 is 0 Å². The molecular formula is C17H25BrN4O2. The summed E-state index contributed by atoms with van der Waals surface area (Å²) >= 11 is 3.52. The first-order valence-corrected chi connectivity index (χ1v) is 9.52. The molecule has 2 N–H and O–H groups in total. The van der Waals surface area contributed by atoms with Crippen LogP contribution >= 0.6 is 15.9 Å². The van der Waals surface area contributed by atoms with Gasteiger partial charge in [0.1, 0.15) is 5.82 Å². The van der Waals surface area contributed by atoms with Crippen LogP contribution < -0.4 is 5.32 Å². The second-order valence-electron chi connectivity index (χ2n) is 6.61. The summed E-state index contributed by atoms with van der Waals surface area (Å²) in [6.45, 7) is 5.55. The zero-order valence-corrected chi connectivity index (χ0v) is 15.5. The summed E-state index contributed by atoms with van der Waals surface area (Å²) in [5.41, 5.74) is 1.20. The van der Waals surface area contributed by atoms with Crippen LogP contribution in [0.25, 0.3) is 0 Å². The van der Waals surface area contributed by atoms with Crippen molar-refractivity contribution in [1.29, 1.82) is 0 Å². The Bertz CT molecular complexity index is 570. The van der Waals surface area contributed by atoms with Gasteiger partial charge in [0, 0.05) is 36.8 Å². The van der Waals surface area contributed by atoms with Crippen LogP contribution in [-0.2, 0) is 0 Å². The SMILES string of the molecule is O=C(O)N1CCC(c2cc(Br)cnc2NCCN2CCCC2)CC1. The summed E-state index contributed by atoms with van der Waals surface area (Å²) in [7, 11) is 0. The number of piperidine rings is 1. The third-order valence-electron chi connectivity index (χ3n) is 5.01. The van der Waals surface area contributed by atoms with Gasteiger partial charge in [0.05, 0.1) is 0 Å². The Morgan fingerprint density at radius 3 is 2.67 bits per heavy atom. The van der Waals surface area contributed by atoms with Crippen molar-refractivity contribution in [3.63, 3.8) is 0 Å². The van der Waals surface area contributed by atoms with E-state index in [9.17, 15) is 4.79 Å². The Morgan fingerprint density at radius 2 is 2.00 bits per heavy atom. The third-order valence-corrected chi connectivity index (χ3v) is 5.44. The number of nitrogens with zero attached hydrogens (tertiary/aromatic N) is 3. The molecule has 7 heteroatoms. The molecule has 0 unspecified atom stereocenters. The molecule has 1 amide bonds. The van der Waals surface area contributed by atoms with E-state index in [1.165, 1.54) is 36.4 Å². The normalized spacial score (nSPS) is 19.6. The van der Waals surface area contributed by atoms with Crippen LogP contribution in [0.5, 0.6) is 0 Å². The summed E-state index contributed by atoms with van der Waals surface area (Å²) in [4.78, 5) is 19.6. The van der Waals surface area contributed by atoms with Crippen LogP contribution in [0.4, 0.5) is 10.6 Å². The number of carboxylic acid groups (broad SMARTS) is 1. The van der Waals surface area contributed by atoms with E-state index in [0.29, 0.717) is 19.0 Å². The minimum Gasteiger partial charge on any atom is -0.465 e. The van der Waals surface area contributed by atoms with Gasteiger partial charge in [-0.05, 0) is 72.3 Å². The molecule has 2 aliphatic rings. The summed E-state index contributed by atoms with van der Waals surface area (Å²) in [5.74, 6) is 1.31. The first-order chi connectivity index (χ1) is 11.6. The number of rotatable bonds is 5. The molecular weight excluding hydrogens is 372 g/mol. The number of amides is 1. The van der Waals surface area contributed by atoms with Gasteiger partial charge in [0.2, 0.25) is 0 Å². The Labute approximate surface area is 151 Å². The molecule has 2 aliphatic heterocycles. The molecule has 0 radical (unpaired) electrons. The first-order valence-electron chi connectivity index (χ1n) is 8.73. The molecule has 0 aromatic carbocycles. The molecule has 2 fully saturated rings. The lowest BCUT2D eigenvalue weighted by atomic mass is 9.90. The lowest BCUT2D eigenvalue weighted by molar-refractivity contribution is 0.132. The van der Waals surface area contributed by atoms with Crippen molar-refractivity contribution in [1.82, 2.24) is 14.8 Å². The van der Waals surface area contributed by atoms with E-state index in [1.54, 1.807) is 0 Å². The van der Waals surface area contributed by atoms with Crippen molar-refractivity contribution in [2.75, 3.05) is 44.6 Å². The molecule has 132 valence electrons. The van der Waals surface area contributed by atoms with Gasteiger partial charge in [0.15, 0.2) is 0 Å².